The summed E-state index contributed by atoms with van der Waals surface area (Å²) in [5, 5.41) is 14.8. The number of nitrogens with zero attached hydrogens (tertiary/aromatic N) is 2. The Morgan fingerprint density at radius 3 is 1.65 bits per heavy atom. The van der Waals surface area contributed by atoms with Gasteiger partial charge in [-0.1, -0.05) is 72.8 Å². The molecule has 2 N–H and O–H groups in total. The average Bonchev–Trinajstić information content (AvgIpc) is 2.87. The summed E-state index contributed by atoms with van der Waals surface area (Å²) in [6, 6.07) is 30.5. The first-order valence-electron chi connectivity index (χ1n) is 11.1. The Morgan fingerprint density at radius 2 is 1.24 bits per heavy atom. The van der Waals surface area contributed by atoms with Gasteiger partial charge in [0.05, 0.1) is 13.2 Å². The van der Waals surface area contributed by atoms with Crippen LogP contribution in [-0.2, 0) is 16.1 Å². The van der Waals surface area contributed by atoms with E-state index in [1.807, 2.05) is 12.1 Å². The molecule has 1 heterocycles. The number of benzene rings is 3. The molecule has 0 saturated carbocycles. The van der Waals surface area contributed by atoms with Gasteiger partial charge >= 0.3 is 11.9 Å². The van der Waals surface area contributed by atoms with Gasteiger partial charge in [0.25, 0.3) is 0 Å². The van der Waals surface area contributed by atoms with E-state index in [1.54, 1.807) is 7.11 Å². The molecule has 7 nitrogen and oxygen atoms in total. The number of ether oxygens (including phenoxy) is 1. The van der Waals surface area contributed by atoms with Gasteiger partial charge in [-0.25, -0.2) is 9.59 Å². The van der Waals surface area contributed by atoms with Gasteiger partial charge in [-0.15, -0.1) is 0 Å². The summed E-state index contributed by atoms with van der Waals surface area (Å²) >= 11 is 0. The van der Waals surface area contributed by atoms with Crippen LogP contribution in [0.5, 0.6) is 5.75 Å². The smallest absolute Gasteiger partial charge is 0.414 e. The van der Waals surface area contributed by atoms with E-state index in [0.717, 1.165) is 38.5 Å². The highest BCUT2D eigenvalue weighted by atomic mass is 16.5. The predicted molar refractivity (Wildman–Crippen MR) is 130 cm³/mol. The molecule has 4 rings (SSSR count). The van der Waals surface area contributed by atoms with Gasteiger partial charge in [-0.05, 0) is 28.8 Å². The Balaban J connectivity index is 0.000000481. The van der Waals surface area contributed by atoms with Gasteiger partial charge in [-0.2, -0.15) is 0 Å². The largest absolute Gasteiger partial charge is 0.497 e. The molecule has 1 fully saturated rings. The molecule has 0 bridgehead atoms. The Morgan fingerprint density at radius 1 is 0.765 bits per heavy atom. The van der Waals surface area contributed by atoms with Crippen LogP contribution in [0.1, 0.15) is 22.7 Å². The lowest BCUT2D eigenvalue weighted by molar-refractivity contribution is -0.159. The number of hydrogen-bond donors (Lipinski definition) is 2. The average molecular weight is 463 g/mol. The van der Waals surface area contributed by atoms with Crippen LogP contribution >= 0.6 is 0 Å². The fourth-order valence-corrected chi connectivity index (χ4v) is 4.05. The molecule has 1 saturated heterocycles. The Bertz CT molecular complexity index is 982. The highest BCUT2D eigenvalue weighted by Gasteiger charge is 2.26. The molecule has 1 aliphatic heterocycles. The Kier molecular flexibility index (Phi) is 9.20. The maximum Gasteiger partial charge on any atom is 0.414 e. The zero-order chi connectivity index (χ0) is 24.3. The van der Waals surface area contributed by atoms with E-state index in [-0.39, 0.29) is 0 Å². The monoisotopic (exact) mass is 462 g/mol. The van der Waals surface area contributed by atoms with Gasteiger partial charge in [0, 0.05) is 32.7 Å². The number of carbonyl (C=O) groups is 2. The number of piperazine rings is 1. The Hall–Kier alpha value is -3.68. The van der Waals surface area contributed by atoms with Crippen molar-refractivity contribution in [1.29, 1.82) is 0 Å². The lowest BCUT2D eigenvalue weighted by atomic mass is 9.96. The first-order chi connectivity index (χ1) is 16.5. The van der Waals surface area contributed by atoms with Crippen LogP contribution < -0.4 is 4.74 Å². The van der Waals surface area contributed by atoms with Crippen LogP contribution in [0.4, 0.5) is 0 Å². The predicted octanol–water partition coefficient (Wildman–Crippen LogP) is 3.76. The van der Waals surface area contributed by atoms with Crippen LogP contribution in [0.3, 0.4) is 0 Å². The molecule has 3 aromatic rings. The number of carboxylic acid groups (broad SMARTS) is 2. The minimum atomic E-state index is -1.82. The third-order valence-electron chi connectivity index (χ3n) is 5.75. The molecule has 0 radical (unpaired) electrons. The molecule has 0 spiro atoms. The summed E-state index contributed by atoms with van der Waals surface area (Å²) in [7, 11) is 1.71. The van der Waals surface area contributed by atoms with Crippen molar-refractivity contribution in [3.05, 3.63) is 102 Å². The van der Waals surface area contributed by atoms with Crippen LogP contribution in [0, 0.1) is 0 Å². The molecule has 3 aromatic carbocycles. The van der Waals surface area contributed by atoms with Crippen LogP contribution in [-0.4, -0.2) is 65.2 Å². The first kappa shape index (κ1) is 25.0. The highest BCUT2D eigenvalue weighted by molar-refractivity contribution is 6.27. The molecule has 0 unspecified atom stereocenters. The third kappa shape index (κ3) is 7.16. The number of hydrogen-bond acceptors (Lipinski definition) is 5. The molecule has 0 aromatic heterocycles. The Labute approximate surface area is 199 Å². The number of carboxylic acids is 2. The van der Waals surface area contributed by atoms with Gasteiger partial charge in [0.1, 0.15) is 5.75 Å². The fourth-order valence-electron chi connectivity index (χ4n) is 4.05. The van der Waals surface area contributed by atoms with Crippen molar-refractivity contribution in [2.45, 2.75) is 12.6 Å². The van der Waals surface area contributed by atoms with E-state index in [1.165, 1.54) is 16.7 Å². The van der Waals surface area contributed by atoms with Crippen molar-refractivity contribution in [2.75, 3.05) is 33.3 Å². The van der Waals surface area contributed by atoms with Crippen molar-refractivity contribution >= 4 is 11.9 Å². The van der Waals surface area contributed by atoms with Crippen molar-refractivity contribution < 1.29 is 24.5 Å². The summed E-state index contributed by atoms with van der Waals surface area (Å²) < 4.78 is 5.26. The molecular weight excluding hydrogens is 432 g/mol. The number of rotatable bonds is 6. The third-order valence-corrected chi connectivity index (χ3v) is 5.75. The van der Waals surface area contributed by atoms with Crippen molar-refractivity contribution in [2.24, 2.45) is 0 Å². The molecule has 0 atom stereocenters. The lowest BCUT2D eigenvalue weighted by Gasteiger charge is -2.39. The summed E-state index contributed by atoms with van der Waals surface area (Å²) in [4.78, 5) is 23.4. The summed E-state index contributed by atoms with van der Waals surface area (Å²) in [6.45, 7) is 5.32. The standard InChI is InChI=1S/C25H28N2O.C2H2O4/c1-28-24-14-12-21(13-15-24)20-26-16-18-27(19-17-26)25(22-8-4-2-5-9-22)23-10-6-3-7-11-23;3-1(4)2(5)6/h2-15,25H,16-20H2,1H3;(H,3,4)(H,5,6). The van der Waals surface area contributed by atoms with Crippen LogP contribution in [0.25, 0.3) is 0 Å². The van der Waals surface area contributed by atoms with E-state index >= 15 is 0 Å². The van der Waals surface area contributed by atoms with Gasteiger partial charge in [0.2, 0.25) is 0 Å². The maximum atomic E-state index is 9.10. The second-order valence-corrected chi connectivity index (χ2v) is 7.99. The van der Waals surface area contributed by atoms with Gasteiger partial charge < -0.3 is 14.9 Å². The number of methoxy groups -OCH3 is 1. The maximum absolute atomic E-state index is 9.10. The second kappa shape index (κ2) is 12.5. The SMILES string of the molecule is COc1ccc(CN2CCN(C(c3ccccc3)c3ccccc3)CC2)cc1.O=C(O)C(=O)O. The van der Waals surface area contributed by atoms with E-state index < -0.39 is 11.9 Å². The second-order valence-electron chi connectivity index (χ2n) is 7.99. The van der Waals surface area contributed by atoms with E-state index in [0.29, 0.717) is 6.04 Å². The topological polar surface area (TPSA) is 90.3 Å². The molecule has 178 valence electrons. The quantitative estimate of drug-likeness (QED) is 0.539. The molecule has 34 heavy (non-hydrogen) atoms. The van der Waals surface area contributed by atoms with Crippen molar-refractivity contribution in [3.8, 4) is 5.75 Å². The van der Waals surface area contributed by atoms with Gasteiger partial charge in [0.15, 0.2) is 0 Å². The van der Waals surface area contributed by atoms with Crippen molar-refractivity contribution in [1.82, 2.24) is 9.80 Å². The summed E-state index contributed by atoms with van der Waals surface area (Å²) in [6.07, 6.45) is 0. The van der Waals surface area contributed by atoms with E-state index in [9.17, 15) is 0 Å². The summed E-state index contributed by atoms with van der Waals surface area (Å²) in [5.74, 6) is -2.73. The molecular formula is C27H30N2O5. The van der Waals surface area contributed by atoms with E-state index in [4.69, 9.17) is 24.5 Å². The zero-order valence-corrected chi connectivity index (χ0v) is 19.2. The fraction of sp³-hybridized carbons (Fsp3) is 0.259. The molecule has 0 aliphatic carbocycles. The zero-order valence-electron chi connectivity index (χ0n) is 19.2. The molecule has 7 heteroatoms. The first-order valence-corrected chi connectivity index (χ1v) is 11.1. The molecule has 0 amide bonds. The van der Waals surface area contributed by atoms with Crippen LogP contribution in [0.2, 0.25) is 0 Å². The highest BCUT2D eigenvalue weighted by Crippen LogP contribution is 2.29. The van der Waals surface area contributed by atoms with Crippen molar-refractivity contribution in [3.63, 3.8) is 0 Å². The minimum absolute atomic E-state index is 0.325. The summed E-state index contributed by atoms with van der Waals surface area (Å²) in [5.41, 5.74) is 4.09. The molecule has 1 aliphatic rings. The van der Waals surface area contributed by atoms with E-state index in [2.05, 4.69) is 82.6 Å². The van der Waals surface area contributed by atoms with Gasteiger partial charge in [-0.3, -0.25) is 9.80 Å². The lowest BCUT2D eigenvalue weighted by Crippen LogP contribution is -2.47. The minimum Gasteiger partial charge on any atom is -0.497 e. The number of aliphatic carboxylic acids is 2. The normalized spacial score (nSPS) is 14.2. The van der Waals surface area contributed by atoms with Crippen LogP contribution in [0.15, 0.2) is 84.9 Å².